The smallest absolute Gasteiger partial charge is 0.128 e. The molecule has 0 bridgehead atoms. The van der Waals surface area contributed by atoms with Crippen molar-refractivity contribution >= 4 is 11.9 Å². The van der Waals surface area contributed by atoms with E-state index in [0.717, 1.165) is 5.56 Å². The van der Waals surface area contributed by atoms with Crippen LogP contribution < -0.4 is 5.73 Å². The Morgan fingerprint density at radius 1 is 1.79 bits per heavy atom. The number of rotatable bonds is 4. The Labute approximate surface area is 81.6 Å². The van der Waals surface area contributed by atoms with Gasteiger partial charge >= 0.3 is 0 Å². The topological polar surface area (TPSA) is 92.6 Å². The van der Waals surface area contributed by atoms with Crippen LogP contribution in [0.15, 0.2) is 17.4 Å². The summed E-state index contributed by atoms with van der Waals surface area (Å²) in [5.41, 5.74) is 14.6. The van der Waals surface area contributed by atoms with Crippen LogP contribution >= 0.6 is 0 Å². The van der Waals surface area contributed by atoms with Crippen molar-refractivity contribution in [2.24, 2.45) is 12.2 Å². The van der Waals surface area contributed by atoms with Gasteiger partial charge in [-0.3, -0.25) is 4.68 Å². The maximum atomic E-state index is 8.03. The van der Waals surface area contributed by atoms with Crippen LogP contribution in [0.2, 0.25) is 0 Å². The Hall–Kier alpha value is -1.94. The van der Waals surface area contributed by atoms with E-state index < -0.39 is 0 Å². The predicted octanol–water partition coefficient (Wildman–Crippen LogP) is 1.72. The molecule has 1 rings (SSSR count). The van der Waals surface area contributed by atoms with E-state index in [-0.39, 0.29) is 0 Å². The van der Waals surface area contributed by atoms with Crippen molar-refractivity contribution in [3.05, 3.63) is 28.3 Å². The van der Waals surface area contributed by atoms with Gasteiger partial charge < -0.3 is 5.73 Å². The number of hydrogen-bond donors (Lipinski definition) is 1. The molecule has 0 aliphatic carbocycles. The van der Waals surface area contributed by atoms with E-state index in [1.165, 1.54) is 0 Å². The number of nitrogen functional groups attached to an aromatic ring is 1. The molecule has 0 fully saturated rings. The molecule has 1 aromatic heterocycles. The maximum Gasteiger partial charge on any atom is 0.128 e. The minimum atomic E-state index is 0.465. The van der Waals surface area contributed by atoms with Gasteiger partial charge in [-0.2, -0.15) is 5.10 Å². The van der Waals surface area contributed by atoms with Crippen LogP contribution in [0, 0.1) is 0 Å². The lowest BCUT2D eigenvalue weighted by molar-refractivity contribution is 0.779. The lowest BCUT2D eigenvalue weighted by Gasteiger charge is -1.93. The van der Waals surface area contributed by atoms with Crippen LogP contribution in [0.4, 0.5) is 5.82 Å². The Balaban J connectivity index is 2.51. The largest absolute Gasteiger partial charge is 0.383 e. The van der Waals surface area contributed by atoms with Crippen LogP contribution in [-0.4, -0.2) is 16.3 Å². The van der Waals surface area contributed by atoms with Crippen LogP contribution in [-0.2, 0) is 7.05 Å². The highest BCUT2D eigenvalue weighted by Crippen LogP contribution is 2.11. The zero-order valence-corrected chi connectivity index (χ0v) is 7.96. The van der Waals surface area contributed by atoms with E-state index in [1.807, 2.05) is 12.2 Å². The third kappa shape index (κ3) is 2.53. The monoisotopic (exact) mass is 192 g/mol. The second-order valence-electron chi connectivity index (χ2n) is 2.75. The lowest BCUT2D eigenvalue weighted by Crippen LogP contribution is -1.97. The van der Waals surface area contributed by atoms with Crippen molar-refractivity contribution < 1.29 is 0 Å². The van der Waals surface area contributed by atoms with Gasteiger partial charge in [-0.05, 0) is 12.0 Å². The standard InChI is InChI=1S/C8H12N6/c1-14-8(9)7(6-12-14)4-2-3-5-11-13-10/h2,4,6H,3,5,9H2,1H3. The van der Waals surface area contributed by atoms with E-state index in [0.29, 0.717) is 18.8 Å². The fourth-order valence-corrected chi connectivity index (χ4v) is 0.980. The van der Waals surface area contributed by atoms with Gasteiger partial charge in [-0.15, -0.1) is 0 Å². The van der Waals surface area contributed by atoms with Crippen molar-refractivity contribution in [3.63, 3.8) is 0 Å². The summed E-state index contributed by atoms with van der Waals surface area (Å²) in [6.07, 6.45) is 6.18. The molecule has 74 valence electrons. The third-order valence-corrected chi connectivity index (χ3v) is 1.77. The quantitative estimate of drug-likeness (QED) is 0.340. The number of anilines is 1. The van der Waals surface area contributed by atoms with Gasteiger partial charge in [0.15, 0.2) is 0 Å². The second-order valence-corrected chi connectivity index (χ2v) is 2.75. The van der Waals surface area contributed by atoms with Gasteiger partial charge in [0, 0.05) is 24.1 Å². The lowest BCUT2D eigenvalue weighted by atomic mass is 10.2. The molecule has 0 unspecified atom stereocenters. The molecule has 0 saturated carbocycles. The van der Waals surface area contributed by atoms with Crippen LogP contribution in [0.1, 0.15) is 12.0 Å². The summed E-state index contributed by atoms with van der Waals surface area (Å²) in [5.74, 6) is 0.630. The first-order valence-corrected chi connectivity index (χ1v) is 4.20. The molecule has 0 aromatic carbocycles. The first kappa shape index (κ1) is 10.1. The Kier molecular flexibility index (Phi) is 3.58. The molecule has 0 amide bonds. The Morgan fingerprint density at radius 3 is 3.14 bits per heavy atom. The first-order chi connectivity index (χ1) is 6.75. The van der Waals surface area contributed by atoms with Crippen LogP contribution in [0.25, 0.3) is 16.5 Å². The minimum absolute atomic E-state index is 0.465. The second kappa shape index (κ2) is 4.94. The molecule has 14 heavy (non-hydrogen) atoms. The maximum absolute atomic E-state index is 8.03. The van der Waals surface area contributed by atoms with Gasteiger partial charge in [0.25, 0.3) is 0 Å². The molecule has 0 atom stereocenters. The molecular formula is C8H12N6. The minimum Gasteiger partial charge on any atom is -0.383 e. The van der Waals surface area contributed by atoms with Gasteiger partial charge in [0.05, 0.1) is 6.20 Å². The van der Waals surface area contributed by atoms with E-state index in [1.54, 1.807) is 17.9 Å². The van der Waals surface area contributed by atoms with Gasteiger partial charge in [0.1, 0.15) is 5.82 Å². The Morgan fingerprint density at radius 2 is 2.57 bits per heavy atom. The molecule has 1 heterocycles. The zero-order valence-electron chi connectivity index (χ0n) is 7.96. The fourth-order valence-electron chi connectivity index (χ4n) is 0.980. The number of aryl methyl sites for hydroxylation is 1. The molecule has 0 saturated heterocycles. The SMILES string of the molecule is Cn1ncc(C=CCCN=[N+]=[N-])c1N. The fraction of sp³-hybridized carbons (Fsp3) is 0.375. The zero-order chi connectivity index (χ0) is 10.4. The van der Waals surface area contributed by atoms with Crippen molar-refractivity contribution in [3.8, 4) is 0 Å². The molecule has 0 spiro atoms. The van der Waals surface area contributed by atoms with Crippen LogP contribution in [0.5, 0.6) is 0 Å². The molecular weight excluding hydrogens is 180 g/mol. The van der Waals surface area contributed by atoms with Gasteiger partial charge in [0.2, 0.25) is 0 Å². The summed E-state index contributed by atoms with van der Waals surface area (Å²) >= 11 is 0. The normalized spacial score (nSPS) is 10.4. The highest BCUT2D eigenvalue weighted by molar-refractivity contribution is 5.60. The highest BCUT2D eigenvalue weighted by Gasteiger charge is 1.98. The van der Waals surface area contributed by atoms with E-state index in [9.17, 15) is 0 Å². The highest BCUT2D eigenvalue weighted by atomic mass is 15.3. The van der Waals surface area contributed by atoms with E-state index in [2.05, 4.69) is 15.1 Å². The van der Waals surface area contributed by atoms with Gasteiger partial charge in [-0.1, -0.05) is 17.3 Å². The summed E-state index contributed by atoms with van der Waals surface area (Å²) in [4.78, 5) is 2.65. The molecule has 2 N–H and O–H groups in total. The number of nitrogens with zero attached hydrogens (tertiary/aromatic N) is 5. The molecule has 0 radical (unpaired) electrons. The predicted molar refractivity (Wildman–Crippen MR) is 55.3 cm³/mol. The summed E-state index contributed by atoms with van der Waals surface area (Å²) in [5, 5.41) is 7.40. The molecule has 6 heteroatoms. The molecule has 1 aromatic rings. The molecule has 0 aliphatic rings. The van der Waals surface area contributed by atoms with Crippen LogP contribution in [0.3, 0.4) is 0 Å². The summed E-state index contributed by atoms with van der Waals surface area (Å²) in [6, 6.07) is 0. The summed E-state index contributed by atoms with van der Waals surface area (Å²) in [6.45, 7) is 0.465. The van der Waals surface area contributed by atoms with E-state index in [4.69, 9.17) is 11.3 Å². The average Bonchev–Trinajstić information content (AvgIpc) is 2.49. The first-order valence-electron chi connectivity index (χ1n) is 4.20. The molecule has 6 nitrogen and oxygen atoms in total. The molecule has 0 aliphatic heterocycles. The van der Waals surface area contributed by atoms with Gasteiger partial charge in [-0.25, -0.2) is 0 Å². The van der Waals surface area contributed by atoms with Crippen molar-refractivity contribution in [2.45, 2.75) is 6.42 Å². The third-order valence-electron chi connectivity index (χ3n) is 1.77. The summed E-state index contributed by atoms with van der Waals surface area (Å²) < 4.78 is 1.60. The van der Waals surface area contributed by atoms with Crippen molar-refractivity contribution in [2.75, 3.05) is 12.3 Å². The number of nitrogens with two attached hydrogens (primary N) is 1. The van der Waals surface area contributed by atoms with E-state index >= 15 is 0 Å². The van der Waals surface area contributed by atoms with Crippen molar-refractivity contribution in [1.29, 1.82) is 0 Å². The average molecular weight is 192 g/mol. The number of aromatic nitrogens is 2. The Bertz CT molecular complexity index is 371. The van der Waals surface area contributed by atoms with Crippen molar-refractivity contribution in [1.82, 2.24) is 9.78 Å². The number of azide groups is 1. The summed E-state index contributed by atoms with van der Waals surface area (Å²) in [7, 11) is 1.78. The number of hydrogen-bond acceptors (Lipinski definition) is 3.